The minimum atomic E-state index is -0.544. The lowest BCUT2D eigenvalue weighted by atomic mass is 9.93. The van der Waals surface area contributed by atoms with Crippen molar-refractivity contribution >= 4 is 17.5 Å². The number of amides is 1. The van der Waals surface area contributed by atoms with Gasteiger partial charge in [-0.15, -0.1) is 0 Å². The molecule has 0 atom stereocenters. The summed E-state index contributed by atoms with van der Waals surface area (Å²) in [5.74, 6) is -0.306. The van der Waals surface area contributed by atoms with E-state index in [0.29, 0.717) is 13.1 Å². The summed E-state index contributed by atoms with van der Waals surface area (Å²) in [7, 11) is 0. The first kappa shape index (κ1) is 14.0. The van der Waals surface area contributed by atoms with Gasteiger partial charge in [0.2, 0.25) is 5.91 Å². The van der Waals surface area contributed by atoms with Gasteiger partial charge in [-0.2, -0.15) is 0 Å². The average Bonchev–Trinajstić information content (AvgIpc) is 2.21. The number of halogens is 1. The number of primary amides is 1. The predicted octanol–water partition coefficient (Wildman–Crippen LogP) is 2.25. The van der Waals surface area contributed by atoms with E-state index in [1.807, 2.05) is 39.0 Å². The smallest absolute Gasteiger partial charge is 0.224 e. The van der Waals surface area contributed by atoms with Gasteiger partial charge in [0.15, 0.2) is 0 Å². The van der Waals surface area contributed by atoms with Gasteiger partial charge in [0.25, 0.3) is 0 Å². The maximum atomic E-state index is 11.1. The number of benzene rings is 1. The van der Waals surface area contributed by atoms with E-state index in [9.17, 15) is 4.79 Å². The Morgan fingerprint density at radius 1 is 1.47 bits per heavy atom. The normalized spacial score (nSPS) is 11.5. The third-order valence-corrected chi connectivity index (χ3v) is 3.11. The third kappa shape index (κ3) is 4.02. The van der Waals surface area contributed by atoms with Crippen LogP contribution in [-0.2, 0) is 11.3 Å². The second-order valence-corrected chi connectivity index (χ2v) is 5.35. The van der Waals surface area contributed by atoms with Crippen LogP contribution in [0.5, 0.6) is 0 Å². The first-order chi connectivity index (χ1) is 7.83. The molecule has 3 N–H and O–H groups in total. The Morgan fingerprint density at radius 2 is 2.12 bits per heavy atom. The molecule has 0 radical (unpaired) electrons. The lowest BCUT2D eigenvalue weighted by molar-refractivity contribution is -0.125. The van der Waals surface area contributed by atoms with Crippen LogP contribution in [0, 0.1) is 12.3 Å². The number of carbonyl (C=O) groups excluding carboxylic acids is 1. The van der Waals surface area contributed by atoms with Crippen molar-refractivity contribution in [1.29, 1.82) is 0 Å². The van der Waals surface area contributed by atoms with Gasteiger partial charge in [0.1, 0.15) is 0 Å². The molecule has 0 saturated heterocycles. The zero-order chi connectivity index (χ0) is 13.1. The Balaban J connectivity index is 2.54. The topological polar surface area (TPSA) is 55.1 Å². The molecular formula is C13H19ClN2O. The molecule has 0 spiro atoms. The number of nitrogens with two attached hydrogens (primary N) is 1. The monoisotopic (exact) mass is 254 g/mol. The van der Waals surface area contributed by atoms with Gasteiger partial charge in [-0.05, 0) is 38.0 Å². The lowest BCUT2D eigenvalue weighted by Gasteiger charge is -2.21. The van der Waals surface area contributed by atoms with E-state index in [-0.39, 0.29) is 5.91 Å². The van der Waals surface area contributed by atoms with Crippen LogP contribution in [0.4, 0.5) is 0 Å². The predicted molar refractivity (Wildman–Crippen MR) is 70.9 cm³/mol. The van der Waals surface area contributed by atoms with Crippen LogP contribution in [0.25, 0.3) is 0 Å². The van der Waals surface area contributed by atoms with E-state index in [1.54, 1.807) is 0 Å². The summed E-state index contributed by atoms with van der Waals surface area (Å²) in [5, 5.41) is 3.94. The van der Waals surface area contributed by atoms with Crippen molar-refractivity contribution in [1.82, 2.24) is 5.32 Å². The molecule has 1 amide bonds. The molecule has 17 heavy (non-hydrogen) atoms. The lowest BCUT2D eigenvalue weighted by Crippen LogP contribution is -2.40. The Bertz CT molecular complexity index is 416. The fraction of sp³-hybridized carbons (Fsp3) is 0.462. The number of hydrogen-bond acceptors (Lipinski definition) is 2. The highest BCUT2D eigenvalue weighted by atomic mass is 35.5. The molecule has 0 bridgehead atoms. The van der Waals surface area contributed by atoms with E-state index in [1.165, 1.54) is 0 Å². The summed E-state index contributed by atoms with van der Waals surface area (Å²) in [6.07, 6.45) is 0. The number of hydrogen-bond donors (Lipinski definition) is 2. The van der Waals surface area contributed by atoms with Crippen molar-refractivity contribution < 1.29 is 4.79 Å². The molecule has 0 aliphatic carbocycles. The van der Waals surface area contributed by atoms with Gasteiger partial charge in [0, 0.05) is 18.1 Å². The molecule has 0 fully saturated rings. The van der Waals surface area contributed by atoms with Crippen molar-refractivity contribution in [2.24, 2.45) is 11.1 Å². The molecule has 0 unspecified atom stereocenters. The maximum Gasteiger partial charge on any atom is 0.224 e. The van der Waals surface area contributed by atoms with Crippen molar-refractivity contribution in [3.8, 4) is 0 Å². The molecule has 3 nitrogen and oxygen atoms in total. The highest BCUT2D eigenvalue weighted by molar-refractivity contribution is 6.31. The van der Waals surface area contributed by atoms with E-state index in [0.717, 1.165) is 16.1 Å². The van der Waals surface area contributed by atoms with Crippen LogP contribution < -0.4 is 11.1 Å². The Labute approximate surface area is 107 Å². The van der Waals surface area contributed by atoms with Crippen LogP contribution in [0.2, 0.25) is 5.02 Å². The molecule has 0 heterocycles. The minimum absolute atomic E-state index is 0.306. The number of nitrogens with one attached hydrogen (secondary N) is 1. The van der Waals surface area contributed by atoms with Crippen LogP contribution in [-0.4, -0.2) is 12.5 Å². The number of aryl methyl sites for hydroxylation is 1. The number of rotatable bonds is 5. The van der Waals surface area contributed by atoms with Crippen molar-refractivity contribution in [3.63, 3.8) is 0 Å². The quantitative estimate of drug-likeness (QED) is 0.847. The van der Waals surface area contributed by atoms with Crippen molar-refractivity contribution in [2.45, 2.75) is 27.3 Å². The summed E-state index contributed by atoms with van der Waals surface area (Å²) < 4.78 is 0. The van der Waals surface area contributed by atoms with Crippen molar-refractivity contribution in [3.05, 3.63) is 34.3 Å². The van der Waals surface area contributed by atoms with Gasteiger partial charge in [-0.25, -0.2) is 0 Å². The molecule has 1 aromatic rings. The van der Waals surface area contributed by atoms with E-state index in [2.05, 4.69) is 5.32 Å². The SMILES string of the molecule is Cc1ccc(CNCC(C)(C)C(N)=O)c(Cl)c1. The Morgan fingerprint density at radius 3 is 2.65 bits per heavy atom. The summed E-state index contributed by atoms with van der Waals surface area (Å²) in [4.78, 5) is 11.1. The molecule has 1 aromatic carbocycles. The summed E-state index contributed by atoms with van der Waals surface area (Å²) in [5.41, 5.74) is 6.91. The minimum Gasteiger partial charge on any atom is -0.369 e. The molecule has 1 rings (SSSR count). The molecule has 4 heteroatoms. The van der Waals surface area contributed by atoms with Gasteiger partial charge in [-0.3, -0.25) is 4.79 Å². The molecule has 0 aliphatic heterocycles. The Hall–Kier alpha value is -1.06. The first-order valence-electron chi connectivity index (χ1n) is 5.58. The van der Waals surface area contributed by atoms with Gasteiger partial charge >= 0.3 is 0 Å². The van der Waals surface area contributed by atoms with E-state index < -0.39 is 5.41 Å². The van der Waals surface area contributed by atoms with Crippen LogP contribution in [0.3, 0.4) is 0 Å². The van der Waals surface area contributed by atoms with Crippen LogP contribution in [0.1, 0.15) is 25.0 Å². The highest BCUT2D eigenvalue weighted by Gasteiger charge is 2.24. The van der Waals surface area contributed by atoms with Crippen molar-refractivity contribution in [2.75, 3.05) is 6.54 Å². The van der Waals surface area contributed by atoms with Crippen LogP contribution >= 0.6 is 11.6 Å². The van der Waals surface area contributed by atoms with E-state index >= 15 is 0 Å². The second-order valence-electron chi connectivity index (χ2n) is 4.95. The largest absolute Gasteiger partial charge is 0.369 e. The summed E-state index contributed by atoms with van der Waals surface area (Å²) in [6.45, 7) is 6.81. The Kier molecular flexibility index (Phi) is 4.54. The van der Waals surface area contributed by atoms with Gasteiger partial charge in [0.05, 0.1) is 5.41 Å². The standard InChI is InChI=1S/C13H19ClN2O/c1-9-4-5-10(11(14)6-9)7-16-8-13(2,3)12(15)17/h4-6,16H,7-8H2,1-3H3,(H2,15,17). The third-order valence-electron chi connectivity index (χ3n) is 2.76. The molecule has 0 aromatic heterocycles. The zero-order valence-corrected chi connectivity index (χ0v) is 11.3. The number of carbonyl (C=O) groups is 1. The average molecular weight is 255 g/mol. The maximum absolute atomic E-state index is 11.1. The zero-order valence-electron chi connectivity index (χ0n) is 10.5. The summed E-state index contributed by atoms with van der Waals surface area (Å²) in [6, 6.07) is 5.93. The van der Waals surface area contributed by atoms with E-state index in [4.69, 9.17) is 17.3 Å². The molecule has 0 saturated carbocycles. The molecular weight excluding hydrogens is 236 g/mol. The first-order valence-corrected chi connectivity index (χ1v) is 5.96. The van der Waals surface area contributed by atoms with Gasteiger partial charge < -0.3 is 11.1 Å². The van der Waals surface area contributed by atoms with Crippen LogP contribution in [0.15, 0.2) is 18.2 Å². The second kappa shape index (κ2) is 5.52. The summed E-state index contributed by atoms with van der Waals surface area (Å²) >= 11 is 6.11. The fourth-order valence-corrected chi connectivity index (χ4v) is 1.69. The fourth-order valence-electron chi connectivity index (χ4n) is 1.39. The molecule has 94 valence electrons. The molecule has 0 aliphatic rings. The highest BCUT2D eigenvalue weighted by Crippen LogP contribution is 2.18. The van der Waals surface area contributed by atoms with Gasteiger partial charge in [-0.1, -0.05) is 23.7 Å².